The van der Waals surface area contributed by atoms with Crippen molar-refractivity contribution in [2.75, 3.05) is 24.9 Å². The second-order valence-corrected chi connectivity index (χ2v) is 6.73. The summed E-state index contributed by atoms with van der Waals surface area (Å²) < 4.78 is 16.6. The minimum atomic E-state index is -0.459. The molecule has 3 aromatic carbocycles. The Morgan fingerprint density at radius 3 is 2.41 bits per heavy atom. The molecule has 2 N–H and O–H groups in total. The average molecular weight is 390 g/mol. The first-order chi connectivity index (χ1) is 14.1. The summed E-state index contributed by atoms with van der Waals surface area (Å²) in [7, 11) is 3.20. The van der Waals surface area contributed by atoms with Crippen molar-refractivity contribution in [1.82, 2.24) is 0 Å². The van der Waals surface area contributed by atoms with Gasteiger partial charge in [0.1, 0.15) is 28.7 Å². The summed E-state index contributed by atoms with van der Waals surface area (Å²) in [6.07, 6.45) is 0. The number of hydrogen-bond donors (Lipinski definition) is 2. The number of anilines is 2. The zero-order valence-corrected chi connectivity index (χ0v) is 16.5. The monoisotopic (exact) mass is 390 g/mol. The van der Waals surface area contributed by atoms with Gasteiger partial charge in [-0.3, -0.25) is 4.79 Å². The zero-order chi connectivity index (χ0) is 20.4. The van der Waals surface area contributed by atoms with E-state index in [4.69, 9.17) is 13.9 Å². The fourth-order valence-electron chi connectivity index (χ4n) is 3.26. The minimum Gasteiger partial charge on any atom is -0.497 e. The number of hydrogen-bond acceptors (Lipinski definition) is 5. The molecule has 1 atom stereocenters. The van der Waals surface area contributed by atoms with Crippen LogP contribution >= 0.6 is 0 Å². The Bertz CT molecular complexity index is 1160. The summed E-state index contributed by atoms with van der Waals surface area (Å²) in [5, 5.41) is 8.06. The van der Waals surface area contributed by atoms with Gasteiger partial charge in [-0.2, -0.15) is 0 Å². The molecule has 0 saturated carbocycles. The molecule has 6 heteroatoms. The van der Waals surface area contributed by atoms with E-state index in [0.29, 0.717) is 17.0 Å². The Morgan fingerprint density at radius 2 is 1.69 bits per heavy atom. The van der Waals surface area contributed by atoms with Crippen LogP contribution in [0.25, 0.3) is 21.9 Å². The number of rotatable bonds is 6. The summed E-state index contributed by atoms with van der Waals surface area (Å²) in [5.74, 6) is 1.15. The summed E-state index contributed by atoms with van der Waals surface area (Å²) in [6, 6.07) is 18.4. The largest absolute Gasteiger partial charge is 0.497 e. The van der Waals surface area contributed by atoms with Crippen LogP contribution in [0.4, 0.5) is 11.4 Å². The lowest BCUT2D eigenvalue weighted by Crippen LogP contribution is -2.31. The van der Waals surface area contributed by atoms with Gasteiger partial charge in [-0.15, -0.1) is 0 Å². The van der Waals surface area contributed by atoms with Gasteiger partial charge in [0.05, 0.1) is 19.9 Å². The highest BCUT2D eigenvalue weighted by Gasteiger charge is 2.17. The summed E-state index contributed by atoms with van der Waals surface area (Å²) in [5.41, 5.74) is 2.88. The van der Waals surface area contributed by atoms with Crippen LogP contribution in [0, 0.1) is 0 Å². The molecule has 1 aromatic heterocycles. The van der Waals surface area contributed by atoms with Crippen LogP contribution in [0.1, 0.15) is 6.92 Å². The Morgan fingerprint density at radius 1 is 0.931 bits per heavy atom. The van der Waals surface area contributed by atoms with E-state index >= 15 is 0 Å². The summed E-state index contributed by atoms with van der Waals surface area (Å²) in [6.45, 7) is 1.80. The van der Waals surface area contributed by atoms with E-state index in [-0.39, 0.29) is 5.91 Å². The molecule has 0 spiro atoms. The molecule has 0 bridgehead atoms. The van der Waals surface area contributed by atoms with E-state index in [2.05, 4.69) is 10.6 Å². The number of carbonyl (C=O) groups excluding carboxylic acids is 1. The van der Waals surface area contributed by atoms with Gasteiger partial charge in [0.25, 0.3) is 0 Å². The molecule has 4 aromatic rings. The molecule has 0 unspecified atom stereocenters. The highest BCUT2D eigenvalue weighted by molar-refractivity contribution is 6.08. The number of amides is 1. The van der Waals surface area contributed by atoms with Crippen molar-refractivity contribution in [2.45, 2.75) is 13.0 Å². The molecule has 0 aliphatic heterocycles. The second kappa shape index (κ2) is 7.75. The van der Waals surface area contributed by atoms with Crippen molar-refractivity contribution in [3.8, 4) is 11.5 Å². The van der Waals surface area contributed by atoms with Crippen LogP contribution in [0.5, 0.6) is 11.5 Å². The molecule has 0 fully saturated rings. The lowest BCUT2D eigenvalue weighted by Gasteiger charge is -2.17. The van der Waals surface area contributed by atoms with E-state index in [1.54, 1.807) is 27.2 Å². The molecule has 148 valence electrons. The van der Waals surface area contributed by atoms with Gasteiger partial charge in [0.15, 0.2) is 0 Å². The lowest BCUT2D eigenvalue weighted by atomic mass is 10.1. The highest BCUT2D eigenvalue weighted by atomic mass is 16.5. The maximum absolute atomic E-state index is 12.7. The Kier molecular flexibility index (Phi) is 4.99. The van der Waals surface area contributed by atoms with Crippen molar-refractivity contribution in [1.29, 1.82) is 0 Å². The summed E-state index contributed by atoms with van der Waals surface area (Å²) >= 11 is 0. The average Bonchev–Trinajstić information content (AvgIpc) is 3.11. The van der Waals surface area contributed by atoms with Crippen LogP contribution in [0.15, 0.2) is 65.1 Å². The van der Waals surface area contributed by atoms with Gasteiger partial charge in [-0.05, 0) is 43.3 Å². The van der Waals surface area contributed by atoms with Crippen molar-refractivity contribution in [3.05, 3.63) is 60.7 Å². The van der Waals surface area contributed by atoms with Gasteiger partial charge in [0, 0.05) is 22.5 Å². The van der Waals surface area contributed by atoms with Crippen LogP contribution in [-0.2, 0) is 4.79 Å². The smallest absolute Gasteiger partial charge is 0.246 e. The van der Waals surface area contributed by atoms with E-state index in [1.807, 2.05) is 54.6 Å². The highest BCUT2D eigenvalue weighted by Crippen LogP contribution is 2.36. The molecule has 0 aliphatic rings. The number of para-hydroxylation sites is 1. The number of furan rings is 1. The van der Waals surface area contributed by atoms with E-state index < -0.39 is 6.04 Å². The van der Waals surface area contributed by atoms with Gasteiger partial charge in [0.2, 0.25) is 5.91 Å². The molecule has 0 aliphatic carbocycles. The number of benzene rings is 3. The topological polar surface area (TPSA) is 72.7 Å². The Balaban J connectivity index is 1.56. The minimum absolute atomic E-state index is 0.186. The van der Waals surface area contributed by atoms with E-state index in [9.17, 15) is 4.79 Å². The van der Waals surface area contributed by atoms with Gasteiger partial charge < -0.3 is 24.5 Å². The number of methoxy groups -OCH3 is 2. The predicted molar refractivity (Wildman–Crippen MR) is 115 cm³/mol. The Hall–Kier alpha value is -3.67. The number of carbonyl (C=O) groups is 1. The molecule has 1 heterocycles. The normalized spacial score (nSPS) is 12.0. The van der Waals surface area contributed by atoms with Crippen LogP contribution in [0.2, 0.25) is 0 Å². The van der Waals surface area contributed by atoms with Crippen LogP contribution < -0.4 is 20.1 Å². The molecular formula is C23H22N2O4. The predicted octanol–water partition coefficient (Wildman–Crippen LogP) is 5.04. The lowest BCUT2D eigenvalue weighted by molar-refractivity contribution is -0.116. The molecule has 6 nitrogen and oxygen atoms in total. The first-order valence-corrected chi connectivity index (χ1v) is 9.30. The zero-order valence-electron chi connectivity index (χ0n) is 16.5. The molecule has 29 heavy (non-hydrogen) atoms. The van der Waals surface area contributed by atoms with E-state index in [0.717, 1.165) is 27.8 Å². The van der Waals surface area contributed by atoms with Gasteiger partial charge >= 0.3 is 0 Å². The van der Waals surface area contributed by atoms with Crippen molar-refractivity contribution < 1.29 is 18.7 Å². The SMILES string of the molecule is COc1ccc(N[C@@H](C)C(=O)Nc2cc3oc4ccccc4c3cc2OC)cc1. The standard InChI is InChI=1S/C23H22N2O4/c1-14(24-15-8-10-16(27-2)11-9-15)23(26)25-19-13-21-18(12-22(19)28-3)17-6-4-5-7-20(17)29-21/h4-14,24H,1-3H3,(H,25,26)/t14-/m0/s1. The maximum atomic E-state index is 12.7. The number of fused-ring (bicyclic) bond motifs is 3. The third-order valence-electron chi connectivity index (χ3n) is 4.82. The fourth-order valence-corrected chi connectivity index (χ4v) is 3.26. The molecule has 4 rings (SSSR count). The Labute approximate surface area is 168 Å². The molecule has 0 saturated heterocycles. The number of nitrogens with one attached hydrogen (secondary N) is 2. The molecule has 1 amide bonds. The third-order valence-corrected chi connectivity index (χ3v) is 4.82. The van der Waals surface area contributed by atoms with Crippen molar-refractivity contribution in [3.63, 3.8) is 0 Å². The van der Waals surface area contributed by atoms with Crippen LogP contribution in [0.3, 0.4) is 0 Å². The molecule has 0 radical (unpaired) electrons. The fraction of sp³-hybridized carbons (Fsp3) is 0.174. The maximum Gasteiger partial charge on any atom is 0.246 e. The number of ether oxygens (including phenoxy) is 2. The van der Waals surface area contributed by atoms with E-state index in [1.165, 1.54) is 0 Å². The summed E-state index contributed by atoms with van der Waals surface area (Å²) in [4.78, 5) is 12.7. The molecular weight excluding hydrogens is 368 g/mol. The van der Waals surface area contributed by atoms with Gasteiger partial charge in [-0.25, -0.2) is 0 Å². The first kappa shape index (κ1) is 18.7. The third kappa shape index (κ3) is 3.69. The van der Waals surface area contributed by atoms with Crippen molar-refractivity contribution >= 4 is 39.2 Å². The second-order valence-electron chi connectivity index (χ2n) is 6.73. The van der Waals surface area contributed by atoms with Crippen molar-refractivity contribution in [2.24, 2.45) is 0 Å². The van der Waals surface area contributed by atoms with Gasteiger partial charge in [-0.1, -0.05) is 18.2 Å². The van der Waals surface area contributed by atoms with Crippen LogP contribution in [-0.4, -0.2) is 26.2 Å². The quantitative estimate of drug-likeness (QED) is 0.482. The first-order valence-electron chi connectivity index (χ1n) is 9.30.